The zero-order chi connectivity index (χ0) is 15.4. The molecule has 2 nitrogen and oxygen atoms in total. The molecule has 114 valence electrons. The molecule has 1 heterocycles. The second-order valence-electron chi connectivity index (χ2n) is 8.34. The van der Waals surface area contributed by atoms with Crippen molar-refractivity contribution in [2.75, 3.05) is 0 Å². The molecule has 0 spiro atoms. The van der Waals surface area contributed by atoms with E-state index in [2.05, 4.69) is 62.4 Å². The normalized spacial score (nSPS) is 21.8. The average molecular weight is 302 g/mol. The number of nitrogens with one attached hydrogen (secondary N) is 1. The molecule has 1 N–H and O–H groups in total. The van der Waals surface area contributed by atoms with Crippen molar-refractivity contribution in [2.24, 2.45) is 10.8 Å². The summed E-state index contributed by atoms with van der Waals surface area (Å²) < 4.78 is 3.25. The van der Waals surface area contributed by atoms with Gasteiger partial charge in [-0.3, -0.25) is 0 Å². The van der Waals surface area contributed by atoms with E-state index < -0.39 is 0 Å². The van der Waals surface area contributed by atoms with Crippen LogP contribution in [0.3, 0.4) is 0 Å². The van der Waals surface area contributed by atoms with Gasteiger partial charge in [-0.25, -0.2) is 0 Å². The molecule has 1 aromatic carbocycles. The Hall–Kier alpha value is -1.09. The topological polar surface area (TPSA) is 20.7 Å². The Morgan fingerprint density at radius 3 is 2.38 bits per heavy atom. The number of aromatic amines is 1. The highest BCUT2D eigenvalue weighted by Gasteiger charge is 2.39. The fraction of sp³-hybridized carbons (Fsp3) is 0.611. The summed E-state index contributed by atoms with van der Waals surface area (Å²) in [6.07, 6.45) is 3.68. The molecular formula is C18H26N2S. The van der Waals surface area contributed by atoms with E-state index in [-0.39, 0.29) is 0 Å². The molecule has 2 aromatic rings. The van der Waals surface area contributed by atoms with Crippen LogP contribution >= 0.6 is 12.2 Å². The van der Waals surface area contributed by atoms with Crippen molar-refractivity contribution >= 4 is 23.3 Å². The van der Waals surface area contributed by atoms with Crippen LogP contribution in [0.5, 0.6) is 0 Å². The molecule has 3 heteroatoms. The molecule has 3 rings (SSSR count). The van der Waals surface area contributed by atoms with Crippen molar-refractivity contribution in [3.63, 3.8) is 0 Å². The number of aromatic nitrogens is 2. The fourth-order valence-electron chi connectivity index (χ4n) is 4.63. The maximum atomic E-state index is 5.65. The average Bonchev–Trinajstić information content (AvgIpc) is 2.62. The van der Waals surface area contributed by atoms with Gasteiger partial charge in [-0.1, -0.05) is 39.8 Å². The lowest BCUT2D eigenvalue weighted by Crippen LogP contribution is -2.35. The van der Waals surface area contributed by atoms with Gasteiger partial charge in [0.2, 0.25) is 0 Å². The predicted octanol–water partition coefficient (Wildman–Crippen LogP) is 5.78. The quantitative estimate of drug-likeness (QED) is 0.662. The summed E-state index contributed by atoms with van der Waals surface area (Å²) in [5.74, 6) is 0. The molecule has 0 radical (unpaired) electrons. The molecule has 1 saturated carbocycles. The number of H-pyrrole nitrogens is 1. The third-order valence-electron chi connectivity index (χ3n) is 4.86. The van der Waals surface area contributed by atoms with Crippen LogP contribution in [-0.2, 0) is 0 Å². The van der Waals surface area contributed by atoms with Crippen molar-refractivity contribution in [1.82, 2.24) is 9.55 Å². The standard InChI is InChI=1S/C18H26N2S/c1-12-7-6-8-14-15(12)19-16(21)20(14)13-9-17(2,3)11-18(4,5)10-13/h6-8,13H,9-11H2,1-5H3,(H,19,21). The Morgan fingerprint density at radius 2 is 1.76 bits per heavy atom. The summed E-state index contributed by atoms with van der Waals surface area (Å²) in [6.45, 7) is 11.7. The van der Waals surface area contributed by atoms with Gasteiger partial charge in [0.15, 0.2) is 4.77 Å². The number of fused-ring (bicyclic) bond motifs is 1. The van der Waals surface area contributed by atoms with Gasteiger partial charge >= 0.3 is 0 Å². The minimum atomic E-state index is 0.370. The molecule has 1 aliphatic carbocycles. The summed E-state index contributed by atoms with van der Waals surface area (Å²) in [7, 11) is 0. The van der Waals surface area contributed by atoms with Gasteiger partial charge in [0.1, 0.15) is 0 Å². The number of aryl methyl sites for hydroxylation is 1. The lowest BCUT2D eigenvalue weighted by Gasteiger charge is -2.45. The van der Waals surface area contributed by atoms with Crippen molar-refractivity contribution in [1.29, 1.82) is 0 Å². The number of hydrogen-bond donors (Lipinski definition) is 1. The first kappa shape index (κ1) is 14.8. The van der Waals surface area contributed by atoms with E-state index in [0.29, 0.717) is 16.9 Å². The molecule has 21 heavy (non-hydrogen) atoms. The Labute approximate surface area is 132 Å². The third-order valence-corrected chi connectivity index (χ3v) is 5.16. The van der Waals surface area contributed by atoms with Gasteiger partial charge in [0.05, 0.1) is 11.0 Å². The molecule has 0 saturated heterocycles. The summed E-state index contributed by atoms with van der Waals surface area (Å²) in [4.78, 5) is 3.43. The van der Waals surface area contributed by atoms with E-state index in [9.17, 15) is 0 Å². The van der Waals surface area contributed by atoms with Crippen LogP contribution in [-0.4, -0.2) is 9.55 Å². The molecular weight excluding hydrogens is 276 g/mol. The number of benzene rings is 1. The lowest BCUT2D eigenvalue weighted by atomic mass is 9.63. The predicted molar refractivity (Wildman–Crippen MR) is 92.3 cm³/mol. The number of nitrogens with zero attached hydrogens (tertiary/aromatic N) is 1. The first-order valence-corrected chi connectivity index (χ1v) is 8.29. The van der Waals surface area contributed by atoms with E-state index in [1.165, 1.54) is 35.9 Å². The Kier molecular flexibility index (Phi) is 3.32. The second kappa shape index (κ2) is 4.70. The SMILES string of the molecule is Cc1cccc2c1[nH]c(=S)n2C1CC(C)(C)CC(C)(C)C1. The van der Waals surface area contributed by atoms with Crippen molar-refractivity contribution in [2.45, 2.75) is 59.9 Å². The van der Waals surface area contributed by atoms with E-state index >= 15 is 0 Å². The summed E-state index contributed by atoms with van der Waals surface area (Å²) in [6, 6.07) is 6.97. The summed E-state index contributed by atoms with van der Waals surface area (Å²) in [5.41, 5.74) is 4.47. The maximum absolute atomic E-state index is 5.65. The highest BCUT2D eigenvalue weighted by atomic mass is 32.1. The van der Waals surface area contributed by atoms with Crippen molar-refractivity contribution < 1.29 is 0 Å². The zero-order valence-electron chi connectivity index (χ0n) is 13.8. The van der Waals surface area contributed by atoms with Crippen LogP contribution in [0, 0.1) is 22.5 Å². The highest BCUT2D eigenvalue weighted by molar-refractivity contribution is 7.71. The van der Waals surface area contributed by atoms with Gasteiger partial charge < -0.3 is 9.55 Å². The van der Waals surface area contributed by atoms with E-state index in [4.69, 9.17) is 12.2 Å². The first-order chi connectivity index (χ1) is 9.69. The molecule has 0 bridgehead atoms. The van der Waals surface area contributed by atoms with E-state index in [1.807, 2.05) is 0 Å². The fourth-order valence-corrected chi connectivity index (χ4v) is 4.97. The van der Waals surface area contributed by atoms with Gasteiger partial charge in [-0.15, -0.1) is 0 Å². The molecule has 0 amide bonds. The molecule has 0 aliphatic heterocycles. The molecule has 1 aromatic heterocycles. The minimum absolute atomic E-state index is 0.370. The number of hydrogen-bond acceptors (Lipinski definition) is 1. The number of imidazole rings is 1. The van der Waals surface area contributed by atoms with Crippen LogP contribution < -0.4 is 0 Å². The smallest absolute Gasteiger partial charge is 0.178 e. The lowest BCUT2D eigenvalue weighted by molar-refractivity contribution is 0.0733. The monoisotopic (exact) mass is 302 g/mol. The van der Waals surface area contributed by atoms with Gasteiger partial charge in [-0.05, 0) is 60.9 Å². The van der Waals surface area contributed by atoms with Gasteiger partial charge in [0.25, 0.3) is 0 Å². The molecule has 0 atom stereocenters. The minimum Gasteiger partial charge on any atom is -0.330 e. The third kappa shape index (κ3) is 2.68. The second-order valence-corrected chi connectivity index (χ2v) is 8.72. The van der Waals surface area contributed by atoms with Crippen LogP contribution in [0.1, 0.15) is 58.6 Å². The molecule has 1 fully saturated rings. The van der Waals surface area contributed by atoms with Crippen LogP contribution in [0.4, 0.5) is 0 Å². The Morgan fingerprint density at radius 1 is 1.14 bits per heavy atom. The first-order valence-electron chi connectivity index (χ1n) is 7.88. The van der Waals surface area contributed by atoms with E-state index in [0.717, 1.165) is 4.77 Å². The Bertz CT molecular complexity index is 717. The zero-order valence-corrected chi connectivity index (χ0v) is 14.6. The van der Waals surface area contributed by atoms with Crippen molar-refractivity contribution in [3.8, 4) is 0 Å². The van der Waals surface area contributed by atoms with Gasteiger partial charge in [0, 0.05) is 6.04 Å². The van der Waals surface area contributed by atoms with Crippen molar-refractivity contribution in [3.05, 3.63) is 28.5 Å². The maximum Gasteiger partial charge on any atom is 0.178 e. The van der Waals surface area contributed by atoms with Crippen LogP contribution in [0.25, 0.3) is 11.0 Å². The number of para-hydroxylation sites is 1. The highest BCUT2D eigenvalue weighted by Crippen LogP contribution is 2.50. The Balaban J connectivity index is 2.14. The van der Waals surface area contributed by atoms with Crippen LogP contribution in [0.2, 0.25) is 0 Å². The summed E-state index contributed by atoms with van der Waals surface area (Å²) >= 11 is 5.65. The van der Waals surface area contributed by atoms with Gasteiger partial charge in [-0.2, -0.15) is 0 Å². The molecule has 1 aliphatic rings. The number of rotatable bonds is 1. The van der Waals surface area contributed by atoms with E-state index in [1.54, 1.807) is 0 Å². The largest absolute Gasteiger partial charge is 0.330 e. The molecule has 0 unspecified atom stereocenters. The summed E-state index contributed by atoms with van der Waals surface area (Å²) in [5, 5.41) is 0. The van der Waals surface area contributed by atoms with Crippen LogP contribution in [0.15, 0.2) is 18.2 Å².